The van der Waals surface area contributed by atoms with Crippen molar-refractivity contribution in [1.82, 2.24) is 4.57 Å². The summed E-state index contributed by atoms with van der Waals surface area (Å²) >= 11 is 1.45. The van der Waals surface area contributed by atoms with E-state index in [2.05, 4.69) is 41.1 Å². The molecule has 0 fully saturated rings. The van der Waals surface area contributed by atoms with Crippen molar-refractivity contribution in [3.63, 3.8) is 0 Å². The topological polar surface area (TPSA) is 37.6 Å². The minimum Gasteiger partial charge on any atom is -0.334 e. The van der Waals surface area contributed by atoms with E-state index in [-0.39, 0.29) is 5.56 Å². The fourth-order valence-electron chi connectivity index (χ4n) is 3.04. The van der Waals surface area contributed by atoms with E-state index in [0.29, 0.717) is 17.9 Å². The molecule has 27 heavy (non-hydrogen) atoms. The Morgan fingerprint density at radius 2 is 1.89 bits per heavy atom. The number of thiazole rings is 1. The molecule has 136 valence electrons. The fourth-order valence-corrected chi connectivity index (χ4v) is 3.96. The summed E-state index contributed by atoms with van der Waals surface area (Å²) in [7, 11) is 0. The Kier molecular flexibility index (Phi) is 5.03. The number of fused-ring (bicyclic) bond motifs is 1. The molecule has 2 heterocycles. The second kappa shape index (κ2) is 7.76. The highest BCUT2D eigenvalue weighted by Gasteiger charge is 2.15. The van der Waals surface area contributed by atoms with E-state index in [1.807, 2.05) is 48.6 Å². The molecule has 0 bridgehead atoms. The van der Waals surface area contributed by atoms with Crippen LogP contribution in [-0.2, 0) is 13.1 Å². The number of hydrogen-bond acceptors (Lipinski definition) is 4. The lowest BCUT2D eigenvalue weighted by Gasteiger charge is -2.25. The number of aromatic nitrogens is 1. The van der Waals surface area contributed by atoms with Gasteiger partial charge in [-0.3, -0.25) is 9.36 Å². The molecule has 0 N–H and O–H groups in total. The Labute approximate surface area is 162 Å². The molecular weight excluding hydrogens is 354 g/mol. The molecule has 0 radical (unpaired) electrons. The largest absolute Gasteiger partial charge is 0.334 e. The van der Waals surface area contributed by atoms with Crippen LogP contribution in [-0.4, -0.2) is 11.2 Å². The number of hydrogen-bond donors (Lipinski definition) is 0. The standard InChI is InChI=1S/C22H21N3OS/c1-2-17-11-13-19(14-12-17)24-15-23-22-25(16-24)21(26)20(27-22)10-6-9-18-7-4-3-5-8-18/h3-14H,2,15-16H2,1H3. The van der Waals surface area contributed by atoms with Crippen molar-refractivity contribution in [2.75, 3.05) is 11.6 Å². The lowest BCUT2D eigenvalue weighted by atomic mass is 10.1. The van der Waals surface area contributed by atoms with E-state index in [4.69, 9.17) is 0 Å². The third-order valence-electron chi connectivity index (χ3n) is 4.62. The number of anilines is 1. The molecule has 0 aliphatic carbocycles. The number of benzene rings is 2. The first-order chi connectivity index (χ1) is 13.2. The summed E-state index contributed by atoms with van der Waals surface area (Å²) < 4.78 is 2.47. The summed E-state index contributed by atoms with van der Waals surface area (Å²) in [6.07, 6.45) is 6.83. The maximum atomic E-state index is 12.8. The molecular formula is C22H21N3OS. The smallest absolute Gasteiger partial charge is 0.271 e. The van der Waals surface area contributed by atoms with Gasteiger partial charge in [0.2, 0.25) is 0 Å². The van der Waals surface area contributed by atoms with Crippen LogP contribution in [0.1, 0.15) is 18.1 Å². The normalized spacial score (nSPS) is 14.4. The van der Waals surface area contributed by atoms with E-state index < -0.39 is 0 Å². The molecule has 1 aliphatic heterocycles. The third-order valence-corrected chi connectivity index (χ3v) is 5.69. The second-order valence-electron chi connectivity index (χ2n) is 6.42. The minimum atomic E-state index is 0.0198. The van der Waals surface area contributed by atoms with Crippen LogP contribution in [0.15, 0.2) is 70.5 Å². The van der Waals surface area contributed by atoms with Gasteiger partial charge >= 0.3 is 0 Å². The van der Waals surface area contributed by atoms with Crippen LogP contribution in [0.5, 0.6) is 0 Å². The quantitative estimate of drug-likeness (QED) is 0.703. The van der Waals surface area contributed by atoms with E-state index in [0.717, 1.165) is 22.5 Å². The maximum absolute atomic E-state index is 12.8. The Morgan fingerprint density at radius 1 is 1.11 bits per heavy atom. The first-order valence-electron chi connectivity index (χ1n) is 9.06. The van der Waals surface area contributed by atoms with Crippen LogP contribution in [0, 0.1) is 0 Å². The van der Waals surface area contributed by atoms with Gasteiger partial charge in [0, 0.05) is 5.69 Å². The van der Waals surface area contributed by atoms with Crippen LogP contribution in [0.3, 0.4) is 0 Å². The predicted octanol–water partition coefficient (Wildman–Crippen LogP) is 3.02. The van der Waals surface area contributed by atoms with Crippen molar-refractivity contribution in [3.05, 3.63) is 91.5 Å². The predicted molar refractivity (Wildman–Crippen MR) is 112 cm³/mol. The van der Waals surface area contributed by atoms with Crippen LogP contribution in [0.25, 0.3) is 12.2 Å². The fraction of sp³-hybridized carbons (Fsp3) is 0.182. The third kappa shape index (κ3) is 3.78. The average molecular weight is 375 g/mol. The van der Waals surface area contributed by atoms with Gasteiger partial charge in [0.05, 0.1) is 4.53 Å². The zero-order valence-corrected chi connectivity index (χ0v) is 16.0. The average Bonchev–Trinajstić information content (AvgIpc) is 3.04. The van der Waals surface area contributed by atoms with Gasteiger partial charge in [-0.1, -0.05) is 72.9 Å². The summed E-state index contributed by atoms with van der Waals surface area (Å²) in [6, 6.07) is 18.5. The number of nitrogens with zero attached hydrogens (tertiary/aromatic N) is 3. The van der Waals surface area contributed by atoms with Gasteiger partial charge in [-0.05, 0) is 35.8 Å². The van der Waals surface area contributed by atoms with Gasteiger partial charge in [-0.25, -0.2) is 4.99 Å². The number of allylic oxidation sites excluding steroid dienone is 1. The highest BCUT2D eigenvalue weighted by atomic mass is 32.1. The zero-order chi connectivity index (χ0) is 18.6. The summed E-state index contributed by atoms with van der Waals surface area (Å²) in [5.74, 6) is 0. The van der Waals surface area contributed by atoms with Crippen molar-refractivity contribution in [3.8, 4) is 0 Å². The van der Waals surface area contributed by atoms with Gasteiger partial charge in [-0.15, -0.1) is 0 Å². The van der Waals surface area contributed by atoms with Crippen molar-refractivity contribution >= 4 is 29.2 Å². The van der Waals surface area contributed by atoms with Gasteiger partial charge in [0.1, 0.15) is 13.3 Å². The van der Waals surface area contributed by atoms with Crippen molar-refractivity contribution in [2.24, 2.45) is 4.99 Å². The summed E-state index contributed by atoms with van der Waals surface area (Å²) in [5, 5.41) is 0. The molecule has 1 aliphatic rings. The zero-order valence-electron chi connectivity index (χ0n) is 15.2. The molecule has 0 amide bonds. The molecule has 5 heteroatoms. The molecule has 0 spiro atoms. The van der Waals surface area contributed by atoms with Gasteiger partial charge in [0.25, 0.3) is 5.56 Å². The van der Waals surface area contributed by atoms with Crippen molar-refractivity contribution in [1.29, 1.82) is 0 Å². The minimum absolute atomic E-state index is 0.0198. The van der Waals surface area contributed by atoms with Crippen molar-refractivity contribution < 1.29 is 0 Å². The van der Waals surface area contributed by atoms with E-state index in [9.17, 15) is 4.79 Å². The van der Waals surface area contributed by atoms with Crippen LogP contribution < -0.4 is 19.8 Å². The SMILES string of the molecule is CCc1ccc(N2CN=c3sc(=CC=Cc4ccccc4)c(=O)n3C2)cc1. The highest BCUT2D eigenvalue weighted by Crippen LogP contribution is 2.17. The molecule has 3 aromatic rings. The Balaban J connectivity index is 1.59. The number of rotatable bonds is 4. The first kappa shape index (κ1) is 17.5. The molecule has 4 rings (SSSR count). The summed E-state index contributed by atoms with van der Waals surface area (Å²) in [6.45, 7) is 3.26. The molecule has 1 aromatic heterocycles. The van der Waals surface area contributed by atoms with Crippen LogP contribution in [0.2, 0.25) is 0 Å². The summed E-state index contributed by atoms with van der Waals surface area (Å²) in [5.41, 5.74) is 3.53. The Morgan fingerprint density at radius 3 is 2.63 bits per heavy atom. The molecule has 0 saturated carbocycles. The lowest BCUT2D eigenvalue weighted by molar-refractivity contribution is 0.569. The molecule has 4 nitrogen and oxygen atoms in total. The summed E-state index contributed by atoms with van der Waals surface area (Å²) in [4.78, 5) is 20.3. The second-order valence-corrected chi connectivity index (χ2v) is 7.43. The molecule has 2 aromatic carbocycles. The monoisotopic (exact) mass is 375 g/mol. The first-order valence-corrected chi connectivity index (χ1v) is 9.87. The highest BCUT2D eigenvalue weighted by molar-refractivity contribution is 7.07. The molecule has 0 saturated heterocycles. The Hall–Kier alpha value is -2.92. The van der Waals surface area contributed by atoms with Crippen LogP contribution in [0.4, 0.5) is 5.69 Å². The van der Waals surface area contributed by atoms with E-state index in [1.54, 1.807) is 4.57 Å². The molecule has 0 atom stereocenters. The van der Waals surface area contributed by atoms with Gasteiger partial charge in [0.15, 0.2) is 4.80 Å². The lowest BCUT2D eigenvalue weighted by Crippen LogP contribution is -2.42. The molecule has 0 unspecified atom stereocenters. The van der Waals surface area contributed by atoms with Crippen LogP contribution >= 0.6 is 11.3 Å². The van der Waals surface area contributed by atoms with E-state index in [1.165, 1.54) is 16.9 Å². The number of aryl methyl sites for hydroxylation is 1. The van der Waals surface area contributed by atoms with Gasteiger partial charge < -0.3 is 4.90 Å². The Bertz CT molecular complexity index is 1130. The van der Waals surface area contributed by atoms with Crippen molar-refractivity contribution in [2.45, 2.75) is 20.0 Å². The van der Waals surface area contributed by atoms with E-state index >= 15 is 0 Å². The maximum Gasteiger partial charge on any atom is 0.271 e. The van der Waals surface area contributed by atoms with Gasteiger partial charge in [-0.2, -0.15) is 0 Å².